The molecular weight excluding hydrogens is 322 g/mol. The van der Waals surface area contributed by atoms with Crippen molar-refractivity contribution in [2.45, 2.75) is 13.5 Å². The molecule has 2 aromatic carbocycles. The summed E-state index contributed by atoms with van der Waals surface area (Å²) < 4.78 is 4.97. The van der Waals surface area contributed by atoms with Crippen molar-refractivity contribution in [3.05, 3.63) is 65.2 Å². The predicted molar refractivity (Wildman–Crippen MR) is 93.0 cm³/mol. The van der Waals surface area contributed by atoms with Gasteiger partial charge in [-0.1, -0.05) is 24.3 Å². The Bertz CT molecular complexity index is 772. The second-order valence-electron chi connectivity index (χ2n) is 5.35. The first kappa shape index (κ1) is 18.0. The Hall–Kier alpha value is -3.35. The first-order valence-corrected chi connectivity index (χ1v) is 7.60. The van der Waals surface area contributed by atoms with E-state index in [2.05, 4.69) is 10.6 Å². The van der Waals surface area contributed by atoms with Crippen molar-refractivity contribution in [2.75, 3.05) is 11.9 Å². The third-order valence-electron chi connectivity index (χ3n) is 3.46. The van der Waals surface area contributed by atoms with E-state index in [1.54, 1.807) is 0 Å². The van der Waals surface area contributed by atoms with Crippen molar-refractivity contribution in [1.82, 2.24) is 5.32 Å². The molecule has 7 nitrogen and oxygen atoms in total. The average molecular weight is 341 g/mol. The molecule has 0 aromatic heterocycles. The van der Waals surface area contributed by atoms with Gasteiger partial charge in [-0.25, -0.2) is 9.59 Å². The number of nitrogens with one attached hydrogen (secondary N) is 2. The summed E-state index contributed by atoms with van der Waals surface area (Å²) in [4.78, 5) is 34.4. The molecule has 0 spiro atoms. The van der Waals surface area contributed by atoms with Crippen molar-refractivity contribution >= 4 is 23.6 Å². The van der Waals surface area contributed by atoms with Crippen LogP contribution in [0.2, 0.25) is 0 Å². The molecule has 2 aromatic rings. The maximum Gasteiger partial charge on any atom is 0.338 e. The molecule has 0 bridgehead atoms. The molecule has 4 N–H and O–H groups in total. The minimum atomic E-state index is -0.694. The fourth-order valence-corrected chi connectivity index (χ4v) is 2.10. The Morgan fingerprint density at radius 1 is 1.04 bits per heavy atom. The third-order valence-corrected chi connectivity index (χ3v) is 3.46. The molecule has 0 saturated carbocycles. The van der Waals surface area contributed by atoms with Crippen molar-refractivity contribution in [2.24, 2.45) is 5.73 Å². The van der Waals surface area contributed by atoms with Crippen molar-refractivity contribution in [1.29, 1.82) is 0 Å². The smallest absolute Gasteiger partial charge is 0.338 e. The van der Waals surface area contributed by atoms with E-state index in [9.17, 15) is 14.4 Å². The van der Waals surface area contributed by atoms with Gasteiger partial charge in [0, 0.05) is 12.2 Å². The number of esters is 1. The molecule has 0 aliphatic rings. The quantitative estimate of drug-likeness (QED) is 0.697. The van der Waals surface area contributed by atoms with E-state index in [0.29, 0.717) is 12.2 Å². The van der Waals surface area contributed by atoms with Gasteiger partial charge in [0.2, 0.25) is 0 Å². The van der Waals surface area contributed by atoms with Gasteiger partial charge in [-0.3, -0.25) is 4.79 Å². The summed E-state index contributed by atoms with van der Waals surface area (Å²) in [7, 11) is 0. The van der Waals surface area contributed by atoms with Gasteiger partial charge in [-0.05, 0) is 42.3 Å². The zero-order chi connectivity index (χ0) is 18.2. The van der Waals surface area contributed by atoms with E-state index in [1.807, 2.05) is 31.2 Å². The Labute approximate surface area is 145 Å². The van der Waals surface area contributed by atoms with Crippen molar-refractivity contribution < 1.29 is 19.1 Å². The minimum absolute atomic E-state index is 0.265. The van der Waals surface area contributed by atoms with Crippen LogP contribution in [0.1, 0.15) is 21.5 Å². The van der Waals surface area contributed by atoms with Gasteiger partial charge in [-0.2, -0.15) is 0 Å². The normalized spacial score (nSPS) is 9.96. The van der Waals surface area contributed by atoms with Crippen LogP contribution < -0.4 is 16.4 Å². The van der Waals surface area contributed by atoms with Crippen LogP contribution in [0.3, 0.4) is 0 Å². The van der Waals surface area contributed by atoms with Crippen LogP contribution in [-0.2, 0) is 16.1 Å². The summed E-state index contributed by atoms with van der Waals surface area (Å²) in [6, 6.07) is 13.0. The number of carbonyl (C=O) groups is 3. The number of benzene rings is 2. The van der Waals surface area contributed by atoms with E-state index in [-0.39, 0.29) is 18.1 Å². The first-order valence-electron chi connectivity index (χ1n) is 7.60. The van der Waals surface area contributed by atoms with Gasteiger partial charge in [0.05, 0.1) is 5.56 Å². The standard InChI is InChI=1S/C18H19N3O4/c1-12-4-2-3-5-14(12)10-20-16(22)11-25-17(23)13-6-8-15(9-7-13)21-18(19)24/h2-9H,10-11H2,1H3,(H,20,22)(H3,19,21,24). The summed E-state index contributed by atoms with van der Waals surface area (Å²) in [6.45, 7) is 1.96. The fraction of sp³-hybridized carbons (Fsp3) is 0.167. The van der Waals surface area contributed by atoms with E-state index in [0.717, 1.165) is 11.1 Å². The summed E-state index contributed by atoms with van der Waals surface area (Å²) in [5.41, 5.74) is 7.79. The Morgan fingerprint density at radius 3 is 2.36 bits per heavy atom. The highest BCUT2D eigenvalue weighted by Crippen LogP contribution is 2.10. The number of rotatable bonds is 6. The maximum absolute atomic E-state index is 11.9. The van der Waals surface area contributed by atoms with Gasteiger partial charge in [0.25, 0.3) is 5.91 Å². The molecule has 0 aliphatic heterocycles. The van der Waals surface area contributed by atoms with Gasteiger partial charge in [-0.15, -0.1) is 0 Å². The summed E-state index contributed by atoms with van der Waals surface area (Å²) in [5, 5.41) is 5.08. The minimum Gasteiger partial charge on any atom is -0.452 e. The number of hydrogen-bond donors (Lipinski definition) is 3. The molecule has 0 heterocycles. The highest BCUT2D eigenvalue weighted by molar-refractivity contribution is 5.93. The number of nitrogens with two attached hydrogens (primary N) is 1. The molecule has 0 saturated heterocycles. The number of amides is 3. The van der Waals surface area contributed by atoms with Crippen molar-refractivity contribution in [3.8, 4) is 0 Å². The number of aryl methyl sites for hydroxylation is 1. The summed E-state index contributed by atoms with van der Waals surface area (Å²) >= 11 is 0. The molecule has 3 amide bonds. The molecule has 0 atom stereocenters. The van der Waals surface area contributed by atoms with Crippen LogP contribution in [0.25, 0.3) is 0 Å². The summed E-state index contributed by atoms with van der Waals surface area (Å²) in [5.74, 6) is -1.01. The second-order valence-corrected chi connectivity index (χ2v) is 5.35. The number of carbonyl (C=O) groups excluding carboxylic acids is 3. The SMILES string of the molecule is Cc1ccccc1CNC(=O)COC(=O)c1ccc(NC(N)=O)cc1. The van der Waals surface area contributed by atoms with E-state index in [1.165, 1.54) is 24.3 Å². The van der Waals surface area contributed by atoms with Crippen LogP contribution >= 0.6 is 0 Å². The maximum atomic E-state index is 11.9. The lowest BCUT2D eigenvalue weighted by Crippen LogP contribution is -2.28. The first-order chi connectivity index (χ1) is 12.0. The van der Waals surface area contributed by atoms with Crippen LogP contribution in [0.5, 0.6) is 0 Å². The largest absolute Gasteiger partial charge is 0.452 e. The van der Waals surface area contributed by atoms with Gasteiger partial charge >= 0.3 is 12.0 Å². The number of anilines is 1. The lowest BCUT2D eigenvalue weighted by molar-refractivity contribution is -0.124. The molecule has 0 fully saturated rings. The summed E-state index contributed by atoms with van der Waals surface area (Å²) in [6.07, 6.45) is 0. The van der Waals surface area contributed by atoms with E-state index < -0.39 is 12.0 Å². The average Bonchev–Trinajstić information content (AvgIpc) is 2.59. The Morgan fingerprint density at radius 2 is 1.72 bits per heavy atom. The van der Waals surface area contributed by atoms with Crippen LogP contribution in [0.4, 0.5) is 10.5 Å². The zero-order valence-corrected chi connectivity index (χ0v) is 13.7. The molecular formula is C18H19N3O4. The Kier molecular flexibility index (Phi) is 6.11. The molecule has 130 valence electrons. The molecule has 25 heavy (non-hydrogen) atoms. The molecule has 2 rings (SSSR count). The topological polar surface area (TPSA) is 111 Å². The predicted octanol–water partition coefficient (Wildman–Crippen LogP) is 1.96. The lowest BCUT2D eigenvalue weighted by Gasteiger charge is -2.09. The molecule has 0 unspecified atom stereocenters. The number of ether oxygens (including phenoxy) is 1. The molecule has 0 radical (unpaired) electrons. The van der Waals surface area contributed by atoms with Gasteiger partial charge in [0.15, 0.2) is 6.61 Å². The number of urea groups is 1. The third kappa shape index (κ3) is 5.65. The highest BCUT2D eigenvalue weighted by atomic mass is 16.5. The molecule has 0 aliphatic carbocycles. The monoisotopic (exact) mass is 341 g/mol. The van der Waals surface area contributed by atoms with Gasteiger partial charge < -0.3 is 21.1 Å². The van der Waals surface area contributed by atoms with Crippen LogP contribution in [0, 0.1) is 6.92 Å². The van der Waals surface area contributed by atoms with Crippen LogP contribution in [0.15, 0.2) is 48.5 Å². The second kappa shape index (κ2) is 8.49. The lowest BCUT2D eigenvalue weighted by atomic mass is 10.1. The van der Waals surface area contributed by atoms with E-state index in [4.69, 9.17) is 10.5 Å². The number of hydrogen-bond acceptors (Lipinski definition) is 4. The van der Waals surface area contributed by atoms with Crippen LogP contribution in [-0.4, -0.2) is 24.5 Å². The highest BCUT2D eigenvalue weighted by Gasteiger charge is 2.10. The number of primary amides is 1. The van der Waals surface area contributed by atoms with Gasteiger partial charge in [0.1, 0.15) is 0 Å². The fourth-order valence-electron chi connectivity index (χ4n) is 2.10. The van der Waals surface area contributed by atoms with E-state index >= 15 is 0 Å². The Balaban J connectivity index is 1.80. The molecule has 7 heteroatoms. The zero-order valence-electron chi connectivity index (χ0n) is 13.7. The van der Waals surface area contributed by atoms with Crippen molar-refractivity contribution in [3.63, 3.8) is 0 Å².